The third kappa shape index (κ3) is 2.76. The van der Waals surface area contributed by atoms with Gasteiger partial charge in [0.1, 0.15) is 0 Å². The molecule has 0 aromatic heterocycles. The van der Waals surface area contributed by atoms with Gasteiger partial charge in [0.15, 0.2) is 0 Å². The molecule has 0 radical (unpaired) electrons. The minimum atomic E-state index is -0.313. The van der Waals surface area contributed by atoms with Crippen molar-refractivity contribution in [2.24, 2.45) is 34.5 Å². The van der Waals surface area contributed by atoms with E-state index >= 15 is 0 Å². The van der Waals surface area contributed by atoms with Crippen LogP contribution in [0.4, 0.5) is 0 Å². The molecule has 4 unspecified atom stereocenters. The van der Waals surface area contributed by atoms with E-state index in [2.05, 4.69) is 26.0 Å². The molecule has 1 aromatic rings. The van der Waals surface area contributed by atoms with Crippen molar-refractivity contribution in [1.82, 2.24) is 0 Å². The summed E-state index contributed by atoms with van der Waals surface area (Å²) in [7, 11) is 0. The van der Waals surface area contributed by atoms with Gasteiger partial charge < -0.3 is 5.11 Å². The highest BCUT2D eigenvalue weighted by Crippen LogP contribution is 2.67. The smallest absolute Gasteiger partial charge is 0.0809 e. The Kier molecular flexibility index (Phi) is 4.71. The molecule has 1 N–H and O–H groups in total. The minimum absolute atomic E-state index is 0.0477. The summed E-state index contributed by atoms with van der Waals surface area (Å²) in [6.45, 7) is 5.00. The van der Waals surface area contributed by atoms with E-state index in [0.29, 0.717) is 11.3 Å². The first kappa shape index (κ1) is 19.2. The van der Waals surface area contributed by atoms with Crippen LogP contribution in [0.1, 0.15) is 77.2 Å². The van der Waals surface area contributed by atoms with Crippen molar-refractivity contribution < 1.29 is 5.11 Å². The summed E-state index contributed by atoms with van der Waals surface area (Å²) in [5.41, 5.74) is 2.88. The highest BCUT2D eigenvalue weighted by Gasteiger charge is 2.60. The number of fused-ring (bicyclic) bond motifs is 5. The van der Waals surface area contributed by atoms with Crippen LogP contribution in [0.25, 0.3) is 6.08 Å². The standard InChI is InChI=1S/C26H35ClO/c1-25-13-6-5-8-19(25)10-11-20-21(25)12-14-26(2)22(20)16-18(24(26)28)15-17-7-3-4-9-23(17)27/h3-4,7,9,15,19-22,24,28H,5-6,8,10-14,16H2,1-2H3/b18-15-/t19-,20?,21?,22?,24?,25+,26+/m0/s1. The third-order valence-corrected chi connectivity index (χ3v) is 10.0. The van der Waals surface area contributed by atoms with Crippen LogP contribution in [0.15, 0.2) is 29.8 Å². The highest BCUT2D eigenvalue weighted by atomic mass is 35.5. The van der Waals surface area contributed by atoms with Gasteiger partial charge in [-0.1, -0.05) is 62.6 Å². The lowest BCUT2D eigenvalue weighted by molar-refractivity contribution is -0.119. The van der Waals surface area contributed by atoms with Crippen LogP contribution in [0.5, 0.6) is 0 Å². The normalized spacial score (nSPS) is 46.7. The zero-order valence-electron chi connectivity index (χ0n) is 17.5. The van der Waals surface area contributed by atoms with E-state index in [-0.39, 0.29) is 11.5 Å². The second-order valence-electron chi connectivity index (χ2n) is 10.8. The maximum atomic E-state index is 11.4. The second kappa shape index (κ2) is 6.88. The van der Waals surface area contributed by atoms with Gasteiger partial charge in [-0.15, -0.1) is 0 Å². The van der Waals surface area contributed by atoms with Gasteiger partial charge in [0, 0.05) is 10.4 Å². The van der Waals surface area contributed by atoms with Gasteiger partial charge >= 0.3 is 0 Å². The van der Waals surface area contributed by atoms with Gasteiger partial charge in [0.05, 0.1) is 6.10 Å². The average Bonchev–Trinajstić information content (AvgIpc) is 2.94. The molecule has 5 rings (SSSR count). The Bertz CT molecular complexity index is 784. The maximum Gasteiger partial charge on any atom is 0.0809 e. The van der Waals surface area contributed by atoms with Crippen molar-refractivity contribution in [2.45, 2.75) is 77.7 Å². The lowest BCUT2D eigenvalue weighted by Gasteiger charge is -2.60. The fourth-order valence-corrected chi connectivity index (χ4v) is 8.28. The predicted molar refractivity (Wildman–Crippen MR) is 117 cm³/mol. The first-order valence-electron chi connectivity index (χ1n) is 11.6. The molecule has 152 valence electrons. The Labute approximate surface area is 175 Å². The first-order valence-corrected chi connectivity index (χ1v) is 11.9. The van der Waals surface area contributed by atoms with Crippen LogP contribution in [0, 0.1) is 34.5 Å². The zero-order chi connectivity index (χ0) is 19.5. The fraction of sp³-hybridized carbons (Fsp3) is 0.692. The maximum absolute atomic E-state index is 11.4. The number of hydrogen-bond acceptors (Lipinski definition) is 1. The number of halogens is 1. The fourth-order valence-electron chi connectivity index (χ4n) is 8.09. The van der Waals surface area contributed by atoms with Crippen molar-refractivity contribution >= 4 is 17.7 Å². The summed E-state index contributed by atoms with van der Waals surface area (Å²) in [6.07, 6.45) is 14.0. The molecular formula is C26H35ClO. The van der Waals surface area contributed by atoms with E-state index in [1.807, 2.05) is 18.2 Å². The van der Waals surface area contributed by atoms with E-state index < -0.39 is 0 Å². The summed E-state index contributed by atoms with van der Waals surface area (Å²) in [6, 6.07) is 8.04. The van der Waals surface area contributed by atoms with E-state index in [0.717, 1.165) is 34.8 Å². The van der Waals surface area contributed by atoms with Crippen LogP contribution in [-0.2, 0) is 0 Å². The largest absolute Gasteiger partial charge is 0.388 e. The summed E-state index contributed by atoms with van der Waals surface area (Å²) in [5.74, 6) is 3.26. The van der Waals surface area contributed by atoms with Crippen molar-refractivity contribution in [1.29, 1.82) is 0 Å². The van der Waals surface area contributed by atoms with E-state index in [9.17, 15) is 5.11 Å². The predicted octanol–water partition coefficient (Wildman–Crippen LogP) is 7.13. The summed E-state index contributed by atoms with van der Waals surface area (Å²) >= 11 is 6.42. The van der Waals surface area contributed by atoms with Gasteiger partial charge in [0.2, 0.25) is 0 Å². The van der Waals surface area contributed by atoms with E-state index in [1.54, 1.807) is 0 Å². The van der Waals surface area contributed by atoms with Crippen LogP contribution < -0.4 is 0 Å². The zero-order valence-corrected chi connectivity index (χ0v) is 18.2. The Morgan fingerprint density at radius 1 is 0.964 bits per heavy atom. The molecule has 0 heterocycles. The molecule has 0 bridgehead atoms. The van der Waals surface area contributed by atoms with Gasteiger partial charge in [-0.2, -0.15) is 0 Å². The molecule has 0 amide bonds. The van der Waals surface area contributed by atoms with Crippen molar-refractivity contribution in [3.05, 3.63) is 40.4 Å². The van der Waals surface area contributed by atoms with E-state index in [4.69, 9.17) is 11.6 Å². The topological polar surface area (TPSA) is 20.2 Å². The van der Waals surface area contributed by atoms with Gasteiger partial charge in [-0.25, -0.2) is 0 Å². The minimum Gasteiger partial charge on any atom is -0.388 e. The second-order valence-corrected chi connectivity index (χ2v) is 11.2. The molecule has 2 heteroatoms. The molecule has 0 saturated heterocycles. The molecule has 0 aliphatic heterocycles. The monoisotopic (exact) mass is 398 g/mol. The van der Waals surface area contributed by atoms with Crippen molar-refractivity contribution in [2.75, 3.05) is 0 Å². The van der Waals surface area contributed by atoms with Gasteiger partial charge in [-0.05, 0) is 91.2 Å². The van der Waals surface area contributed by atoms with E-state index in [1.165, 1.54) is 56.9 Å². The summed E-state index contributed by atoms with van der Waals surface area (Å²) in [5, 5.41) is 12.2. The number of hydrogen-bond donors (Lipinski definition) is 1. The molecule has 7 atom stereocenters. The van der Waals surface area contributed by atoms with Crippen LogP contribution in [0.3, 0.4) is 0 Å². The van der Waals surface area contributed by atoms with Gasteiger partial charge in [-0.3, -0.25) is 0 Å². The lowest BCUT2D eigenvalue weighted by atomic mass is 9.45. The summed E-state index contributed by atoms with van der Waals surface area (Å²) in [4.78, 5) is 0. The number of aliphatic hydroxyl groups excluding tert-OH is 1. The Morgan fingerprint density at radius 3 is 2.61 bits per heavy atom. The Balaban J connectivity index is 1.47. The molecule has 28 heavy (non-hydrogen) atoms. The van der Waals surface area contributed by atoms with Crippen molar-refractivity contribution in [3.63, 3.8) is 0 Å². The third-order valence-electron chi connectivity index (χ3n) is 9.70. The van der Waals surface area contributed by atoms with Crippen LogP contribution in [-0.4, -0.2) is 11.2 Å². The molecule has 4 saturated carbocycles. The molecule has 0 spiro atoms. The Morgan fingerprint density at radius 2 is 1.79 bits per heavy atom. The van der Waals surface area contributed by atoms with Crippen LogP contribution >= 0.6 is 11.6 Å². The molecule has 4 fully saturated rings. The first-order chi connectivity index (χ1) is 13.4. The molecule has 1 aromatic carbocycles. The average molecular weight is 399 g/mol. The SMILES string of the molecule is C[C@@]12CCC3C(CC[C@@H]4CCCC[C@@]34C)C1C/C(=C/c1ccccc1Cl)C2O. The highest BCUT2D eigenvalue weighted by molar-refractivity contribution is 6.32. The molecule has 1 nitrogen and oxygen atoms in total. The molecule has 4 aliphatic carbocycles. The number of aliphatic hydroxyl groups is 1. The number of benzene rings is 1. The Hall–Kier alpha value is -0.790. The molecular weight excluding hydrogens is 364 g/mol. The molecule has 4 aliphatic rings. The van der Waals surface area contributed by atoms with Crippen molar-refractivity contribution in [3.8, 4) is 0 Å². The van der Waals surface area contributed by atoms with Gasteiger partial charge in [0.25, 0.3) is 0 Å². The summed E-state index contributed by atoms with van der Waals surface area (Å²) < 4.78 is 0. The quantitative estimate of drug-likeness (QED) is 0.533. The van der Waals surface area contributed by atoms with Crippen LogP contribution in [0.2, 0.25) is 5.02 Å². The number of rotatable bonds is 1. The lowest BCUT2D eigenvalue weighted by Crippen LogP contribution is -2.53.